The van der Waals surface area contributed by atoms with E-state index in [-0.39, 0.29) is 57.8 Å². The van der Waals surface area contributed by atoms with E-state index in [1.165, 1.54) is 53.7 Å². The van der Waals surface area contributed by atoms with Crippen LogP contribution in [0.4, 0.5) is 0 Å². The number of aromatic hydroxyl groups is 1. The highest BCUT2D eigenvalue weighted by atomic mass is 16.7. The molecule has 2 unspecified atom stereocenters. The van der Waals surface area contributed by atoms with Crippen molar-refractivity contribution in [2.24, 2.45) is 11.8 Å². The monoisotopic (exact) mass is 776 g/mol. The number of fused-ring (bicyclic) bond motifs is 1. The molecular formula is C38H48O17. The summed E-state index contributed by atoms with van der Waals surface area (Å²) in [6, 6.07) is 11.2. The molecule has 6 rings (SSSR count). The molecule has 0 bridgehead atoms. The van der Waals surface area contributed by atoms with Crippen molar-refractivity contribution in [1.29, 1.82) is 0 Å². The predicted molar refractivity (Wildman–Crippen MR) is 189 cm³/mol. The van der Waals surface area contributed by atoms with Crippen LogP contribution in [0.3, 0.4) is 0 Å². The van der Waals surface area contributed by atoms with Crippen molar-refractivity contribution in [3.8, 4) is 46.0 Å². The molecular weight excluding hydrogens is 728 g/mol. The van der Waals surface area contributed by atoms with Crippen LogP contribution in [0.2, 0.25) is 0 Å². The molecule has 17 heteroatoms. The van der Waals surface area contributed by atoms with Gasteiger partial charge in [-0.3, -0.25) is 0 Å². The standard InChI is InChI=1S/C38H48O17/c1-46-23-8-17(6-7-22(23)41)30(42)28(13-39)53-36-24(47-2)9-18(10-25(36)48-3)34-20-15-52-35(21(20)16-51-34)19-11-26(49-4)37(27(12-19)50-5)55-38-33(45)32(44)31(43)29(14-40)54-38/h6-12,20-21,28-35,38-45H,13-16H2,1-5H3/t20?,21?,28-,29-,30+,31-,32+,33-,34-,35-,38+/m1/s1. The number of rotatable bonds is 15. The number of hydrogen-bond acceptors (Lipinski definition) is 17. The first-order valence-corrected chi connectivity index (χ1v) is 17.6. The van der Waals surface area contributed by atoms with E-state index in [0.717, 1.165) is 5.56 Å². The molecule has 7 N–H and O–H groups in total. The minimum atomic E-state index is -1.64. The molecule has 0 spiro atoms. The Bertz CT molecular complexity index is 1720. The topological polar surface area (TPSA) is 234 Å². The van der Waals surface area contributed by atoms with Gasteiger partial charge in [-0.2, -0.15) is 0 Å². The third-order valence-electron chi connectivity index (χ3n) is 10.3. The molecule has 0 radical (unpaired) electrons. The summed E-state index contributed by atoms with van der Waals surface area (Å²) in [5, 5.41) is 72.0. The number of phenolic OH excluding ortho intramolecular Hbond substituents is 1. The van der Waals surface area contributed by atoms with Gasteiger partial charge in [0.25, 0.3) is 0 Å². The molecule has 0 aliphatic carbocycles. The normalized spacial score (nSPS) is 28.5. The number of benzene rings is 3. The van der Waals surface area contributed by atoms with Gasteiger partial charge in [-0.15, -0.1) is 0 Å². The molecule has 3 aliphatic heterocycles. The van der Waals surface area contributed by atoms with Gasteiger partial charge in [0.1, 0.15) is 30.5 Å². The summed E-state index contributed by atoms with van der Waals surface area (Å²) in [6.07, 6.45) is -10.8. The van der Waals surface area contributed by atoms with E-state index < -0.39 is 68.3 Å². The number of hydrogen-bond donors (Lipinski definition) is 7. The predicted octanol–water partition coefficient (Wildman–Crippen LogP) is 1.16. The Labute approximate surface area is 317 Å². The Morgan fingerprint density at radius 1 is 0.673 bits per heavy atom. The number of aliphatic hydroxyl groups is 6. The van der Waals surface area contributed by atoms with Crippen LogP contribution in [-0.2, 0) is 14.2 Å². The lowest BCUT2D eigenvalue weighted by atomic mass is 9.84. The second kappa shape index (κ2) is 17.2. The maximum absolute atomic E-state index is 11.1. The van der Waals surface area contributed by atoms with Crippen molar-refractivity contribution in [2.75, 3.05) is 62.0 Å². The second-order valence-electron chi connectivity index (χ2n) is 13.4. The van der Waals surface area contributed by atoms with Gasteiger partial charge in [-0.25, -0.2) is 0 Å². The van der Waals surface area contributed by atoms with E-state index in [1.54, 1.807) is 24.3 Å². The number of methoxy groups -OCH3 is 5. The van der Waals surface area contributed by atoms with Gasteiger partial charge >= 0.3 is 0 Å². The van der Waals surface area contributed by atoms with Crippen LogP contribution < -0.4 is 33.2 Å². The maximum atomic E-state index is 11.1. The van der Waals surface area contributed by atoms with E-state index in [2.05, 4.69) is 0 Å². The largest absolute Gasteiger partial charge is 0.504 e. The second-order valence-corrected chi connectivity index (χ2v) is 13.4. The van der Waals surface area contributed by atoms with Crippen LogP contribution in [0.5, 0.6) is 46.0 Å². The molecule has 3 saturated heterocycles. The fraction of sp³-hybridized carbons (Fsp3) is 0.526. The zero-order valence-electron chi connectivity index (χ0n) is 30.9. The molecule has 17 nitrogen and oxygen atoms in total. The summed E-state index contributed by atoms with van der Waals surface area (Å²) in [5.41, 5.74) is 1.77. The average molecular weight is 777 g/mol. The summed E-state index contributed by atoms with van der Waals surface area (Å²) in [4.78, 5) is 0. The molecule has 11 atom stereocenters. The Balaban J connectivity index is 1.22. The summed E-state index contributed by atoms with van der Waals surface area (Å²) < 4.78 is 58.2. The number of phenols is 1. The van der Waals surface area contributed by atoms with Crippen LogP contribution in [-0.4, -0.2) is 135 Å². The Morgan fingerprint density at radius 3 is 1.65 bits per heavy atom. The zero-order chi connectivity index (χ0) is 39.6. The van der Waals surface area contributed by atoms with Crippen LogP contribution >= 0.6 is 0 Å². The SMILES string of the molecule is COc1cc([C@H](O)[C@@H](CO)Oc2c(OC)cc([C@H]3OCC4C3CO[C@@H]4c3cc(OC)c(O[C@@H]4O[C@H](CO)[C@@H](O)[C@H](O)[C@H]4O)c(OC)c3)cc2OC)ccc1O. The van der Waals surface area contributed by atoms with Crippen molar-refractivity contribution in [3.05, 3.63) is 59.2 Å². The van der Waals surface area contributed by atoms with E-state index in [4.69, 9.17) is 47.4 Å². The number of aliphatic hydroxyl groups excluding tert-OH is 6. The molecule has 0 aromatic heterocycles. The van der Waals surface area contributed by atoms with Crippen LogP contribution in [0.1, 0.15) is 35.0 Å². The first-order valence-electron chi connectivity index (χ1n) is 17.6. The summed E-state index contributed by atoms with van der Waals surface area (Å²) >= 11 is 0. The van der Waals surface area contributed by atoms with Crippen LogP contribution in [0.25, 0.3) is 0 Å². The molecule has 3 aromatic rings. The molecule has 3 aromatic carbocycles. The van der Waals surface area contributed by atoms with Crippen molar-refractivity contribution in [2.45, 2.75) is 55.1 Å². The zero-order valence-corrected chi connectivity index (χ0v) is 30.9. The summed E-state index contributed by atoms with van der Waals surface area (Å²) in [6.45, 7) is -0.507. The molecule has 55 heavy (non-hydrogen) atoms. The molecule has 3 fully saturated rings. The van der Waals surface area contributed by atoms with Gasteiger partial charge < -0.3 is 83.1 Å². The summed E-state index contributed by atoms with van der Waals surface area (Å²) in [5.74, 6) is 1.02. The molecule has 302 valence electrons. The smallest absolute Gasteiger partial charge is 0.229 e. The molecule has 0 saturated carbocycles. The van der Waals surface area contributed by atoms with Gasteiger partial charge in [0, 0.05) is 11.8 Å². The van der Waals surface area contributed by atoms with Gasteiger partial charge in [0.2, 0.25) is 17.8 Å². The minimum Gasteiger partial charge on any atom is -0.504 e. The van der Waals surface area contributed by atoms with Gasteiger partial charge in [0.15, 0.2) is 40.6 Å². The third-order valence-corrected chi connectivity index (χ3v) is 10.3. The van der Waals surface area contributed by atoms with Crippen LogP contribution in [0.15, 0.2) is 42.5 Å². The fourth-order valence-electron chi connectivity index (χ4n) is 7.32. The fourth-order valence-corrected chi connectivity index (χ4v) is 7.32. The Morgan fingerprint density at radius 2 is 1.18 bits per heavy atom. The van der Waals surface area contributed by atoms with E-state index in [9.17, 15) is 35.7 Å². The minimum absolute atomic E-state index is 0.0634. The maximum Gasteiger partial charge on any atom is 0.229 e. The Hall–Kier alpha value is -4.30. The first kappa shape index (κ1) is 40.4. The Kier molecular flexibility index (Phi) is 12.6. The van der Waals surface area contributed by atoms with Crippen LogP contribution in [0, 0.1) is 11.8 Å². The molecule has 3 heterocycles. The van der Waals surface area contributed by atoms with Gasteiger partial charge in [0.05, 0.1) is 74.2 Å². The highest BCUT2D eigenvalue weighted by Gasteiger charge is 2.49. The van der Waals surface area contributed by atoms with E-state index >= 15 is 0 Å². The molecule has 0 amide bonds. The van der Waals surface area contributed by atoms with Crippen molar-refractivity contribution in [3.63, 3.8) is 0 Å². The highest BCUT2D eigenvalue weighted by molar-refractivity contribution is 5.56. The summed E-state index contributed by atoms with van der Waals surface area (Å²) in [7, 11) is 7.15. The van der Waals surface area contributed by atoms with E-state index in [1.807, 2.05) is 0 Å². The van der Waals surface area contributed by atoms with Gasteiger partial charge in [-0.1, -0.05) is 6.07 Å². The van der Waals surface area contributed by atoms with Crippen molar-refractivity contribution in [1.82, 2.24) is 0 Å². The highest BCUT2D eigenvalue weighted by Crippen LogP contribution is 2.54. The third kappa shape index (κ3) is 7.76. The lowest BCUT2D eigenvalue weighted by Crippen LogP contribution is -2.60. The number of ether oxygens (including phenoxy) is 10. The lowest BCUT2D eigenvalue weighted by Gasteiger charge is -2.39. The quantitative estimate of drug-likeness (QED) is 0.115. The van der Waals surface area contributed by atoms with E-state index in [0.29, 0.717) is 24.3 Å². The lowest BCUT2D eigenvalue weighted by molar-refractivity contribution is -0.277. The van der Waals surface area contributed by atoms with Crippen molar-refractivity contribution < 1.29 is 83.1 Å². The average Bonchev–Trinajstić information content (AvgIpc) is 3.82. The first-order chi connectivity index (χ1) is 26.5. The molecule has 3 aliphatic rings. The van der Waals surface area contributed by atoms with Gasteiger partial charge in [-0.05, 0) is 53.1 Å². The van der Waals surface area contributed by atoms with Crippen molar-refractivity contribution >= 4 is 0 Å².